The number of H-pyrrole nitrogens is 1. The van der Waals surface area contributed by atoms with E-state index < -0.39 is 0 Å². The number of hydrogen-bond acceptors (Lipinski definition) is 2. The predicted octanol–water partition coefficient (Wildman–Crippen LogP) is 3.45. The van der Waals surface area contributed by atoms with E-state index >= 15 is 0 Å². The first-order valence-corrected chi connectivity index (χ1v) is 5.69. The van der Waals surface area contributed by atoms with Gasteiger partial charge in [0.05, 0.1) is 17.2 Å². The molecule has 0 spiro atoms. The molecule has 0 aliphatic heterocycles. The smallest absolute Gasteiger partial charge is 0.178 e. The monoisotopic (exact) mass is 221 g/mol. The van der Waals surface area contributed by atoms with Gasteiger partial charge in [-0.2, -0.15) is 0 Å². The minimum Gasteiger partial charge on any atom is -0.329 e. The summed E-state index contributed by atoms with van der Waals surface area (Å²) in [7, 11) is 0. The van der Waals surface area contributed by atoms with Gasteiger partial charge in [0.2, 0.25) is 0 Å². The van der Waals surface area contributed by atoms with Gasteiger partial charge in [-0.05, 0) is 31.6 Å². The van der Waals surface area contributed by atoms with Crippen molar-refractivity contribution >= 4 is 23.3 Å². The lowest BCUT2D eigenvalue weighted by atomic mass is 10.2. The second-order valence-corrected chi connectivity index (χ2v) is 4.22. The molecule has 0 saturated heterocycles. The first-order valence-electron chi connectivity index (χ1n) is 5.28. The number of fused-ring (bicyclic) bond motifs is 1. The standard InChI is InChI=1S/C11H15N3S/c1-3-4-8(2)14-10-5-6-12-7-9(10)13-11(14)15/h5-8H,3-4H2,1-2H3,(H,13,15). The number of aromatic nitrogens is 3. The highest BCUT2D eigenvalue weighted by atomic mass is 32.1. The number of rotatable bonds is 3. The molecule has 1 unspecified atom stereocenters. The van der Waals surface area contributed by atoms with Gasteiger partial charge < -0.3 is 9.55 Å². The lowest BCUT2D eigenvalue weighted by Gasteiger charge is -2.12. The summed E-state index contributed by atoms with van der Waals surface area (Å²) in [6.07, 6.45) is 5.94. The van der Waals surface area contributed by atoms with Crippen LogP contribution in [0.1, 0.15) is 32.7 Å². The van der Waals surface area contributed by atoms with Gasteiger partial charge in [-0.1, -0.05) is 13.3 Å². The molecule has 0 bridgehead atoms. The van der Waals surface area contributed by atoms with Crippen molar-refractivity contribution in [3.05, 3.63) is 23.2 Å². The summed E-state index contributed by atoms with van der Waals surface area (Å²) in [5, 5.41) is 0. The number of hydrogen-bond donors (Lipinski definition) is 1. The molecule has 3 nitrogen and oxygen atoms in total. The molecule has 1 atom stereocenters. The third-order valence-electron chi connectivity index (χ3n) is 2.67. The van der Waals surface area contributed by atoms with Crippen LogP contribution in [0, 0.1) is 4.77 Å². The Labute approximate surface area is 94.2 Å². The molecule has 0 saturated carbocycles. The second kappa shape index (κ2) is 4.14. The van der Waals surface area contributed by atoms with Crippen LogP contribution in [-0.4, -0.2) is 14.5 Å². The van der Waals surface area contributed by atoms with E-state index in [0.29, 0.717) is 6.04 Å². The number of aromatic amines is 1. The van der Waals surface area contributed by atoms with Crippen LogP contribution in [0.5, 0.6) is 0 Å². The maximum absolute atomic E-state index is 5.32. The summed E-state index contributed by atoms with van der Waals surface area (Å²) in [6.45, 7) is 4.39. The number of nitrogens with one attached hydrogen (secondary N) is 1. The average Bonchev–Trinajstić information content (AvgIpc) is 2.54. The van der Waals surface area contributed by atoms with Crippen molar-refractivity contribution in [2.45, 2.75) is 32.7 Å². The Morgan fingerprint density at radius 3 is 3.13 bits per heavy atom. The summed E-state index contributed by atoms with van der Waals surface area (Å²) in [6, 6.07) is 2.45. The van der Waals surface area contributed by atoms with E-state index in [4.69, 9.17) is 12.2 Å². The number of imidazole rings is 1. The fourth-order valence-corrected chi connectivity index (χ4v) is 2.35. The number of nitrogens with zero attached hydrogens (tertiary/aromatic N) is 2. The number of pyridine rings is 1. The fourth-order valence-electron chi connectivity index (χ4n) is 1.96. The molecule has 1 N–H and O–H groups in total. The molecule has 0 aromatic carbocycles. The van der Waals surface area contributed by atoms with Gasteiger partial charge >= 0.3 is 0 Å². The zero-order valence-electron chi connectivity index (χ0n) is 9.03. The molecule has 2 aromatic rings. The van der Waals surface area contributed by atoms with Gasteiger partial charge in [0.1, 0.15) is 0 Å². The Kier molecular flexibility index (Phi) is 2.86. The topological polar surface area (TPSA) is 33.6 Å². The Morgan fingerprint density at radius 2 is 2.40 bits per heavy atom. The van der Waals surface area contributed by atoms with Gasteiger partial charge in [0, 0.05) is 12.2 Å². The largest absolute Gasteiger partial charge is 0.329 e. The van der Waals surface area contributed by atoms with E-state index in [1.807, 2.05) is 12.3 Å². The van der Waals surface area contributed by atoms with Gasteiger partial charge in [0.25, 0.3) is 0 Å². The van der Waals surface area contributed by atoms with Gasteiger partial charge in [-0.3, -0.25) is 4.98 Å². The van der Waals surface area contributed by atoms with Crippen LogP contribution >= 0.6 is 12.2 Å². The molecule has 0 radical (unpaired) electrons. The molecule has 0 aliphatic carbocycles. The van der Waals surface area contributed by atoms with Gasteiger partial charge in [-0.15, -0.1) is 0 Å². The van der Waals surface area contributed by atoms with Crippen LogP contribution in [-0.2, 0) is 0 Å². The molecular formula is C11H15N3S. The van der Waals surface area contributed by atoms with E-state index in [9.17, 15) is 0 Å². The van der Waals surface area contributed by atoms with E-state index in [1.54, 1.807) is 6.20 Å². The van der Waals surface area contributed by atoms with Crippen LogP contribution in [0.3, 0.4) is 0 Å². The Hall–Kier alpha value is -1.16. The first kappa shape index (κ1) is 10.4. The maximum Gasteiger partial charge on any atom is 0.178 e. The van der Waals surface area contributed by atoms with Crippen LogP contribution < -0.4 is 0 Å². The lowest BCUT2D eigenvalue weighted by molar-refractivity contribution is 0.507. The third-order valence-corrected chi connectivity index (χ3v) is 2.96. The molecule has 4 heteroatoms. The summed E-state index contributed by atoms with van der Waals surface area (Å²) in [5.74, 6) is 0. The van der Waals surface area contributed by atoms with Crippen LogP contribution in [0.25, 0.3) is 11.0 Å². The highest BCUT2D eigenvalue weighted by Crippen LogP contribution is 2.20. The maximum atomic E-state index is 5.32. The molecule has 2 heterocycles. The molecule has 15 heavy (non-hydrogen) atoms. The summed E-state index contributed by atoms with van der Waals surface area (Å²) in [4.78, 5) is 7.26. The minimum atomic E-state index is 0.443. The summed E-state index contributed by atoms with van der Waals surface area (Å²) >= 11 is 5.32. The Balaban J connectivity index is 2.58. The minimum absolute atomic E-state index is 0.443. The molecule has 2 rings (SSSR count). The molecule has 0 fully saturated rings. The highest BCUT2D eigenvalue weighted by molar-refractivity contribution is 7.71. The van der Waals surface area contributed by atoms with Crippen LogP contribution in [0.15, 0.2) is 18.5 Å². The Morgan fingerprint density at radius 1 is 1.60 bits per heavy atom. The van der Waals surface area contributed by atoms with Crippen molar-refractivity contribution in [2.24, 2.45) is 0 Å². The fraction of sp³-hybridized carbons (Fsp3) is 0.455. The molecule has 0 amide bonds. The quantitative estimate of drug-likeness (QED) is 0.805. The normalized spacial score (nSPS) is 13.2. The van der Waals surface area contributed by atoms with E-state index in [1.165, 1.54) is 6.42 Å². The summed E-state index contributed by atoms with van der Waals surface area (Å²) < 4.78 is 2.97. The van der Waals surface area contributed by atoms with Crippen molar-refractivity contribution in [2.75, 3.05) is 0 Å². The van der Waals surface area contributed by atoms with E-state index in [2.05, 4.69) is 28.4 Å². The Bertz CT molecular complexity index is 512. The molecule has 80 valence electrons. The van der Waals surface area contributed by atoms with E-state index in [-0.39, 0.29) is 0 Å². The van der Waals surface area contributed by atoms with Crippen molar-refractivity contribution in [3.63, 3.8) is 0 Å². The SMILES string of the molecule is CCCC(C)n1c(=S)[nH]c2cnccc21. The zero-order valence-corrected chi connectivity index (χ0v) is 9.84. The van der Waals surface area contributed by atoms with Crippen molar-refractivity contribution in [1.29, 1.82) is 0 Å². The summed E-state index contributed by atoms with van der Waals surface area (Å²) in [5.41, 5.74) is 2.17. The van der Waals surface area contributed by atoms with E-state index in [0.717, 1.165) is 22.2 Å². The average molecular weight is 221 g/mol. The highest BCUT2D eigenvalue weighted by Gasteiger charge is 2.09. The zero-order chi connectivity index (χ0) is 10.8. The van der Waals surface area contributed by atoms with Crippen molar-refractivity contribution in [1.82, 2.24) is 14.5 Å². The molecule has 0 aliphatic rings. The van der Waals surface area contributed by atoms with Gasteiger partial charge in [0.15, 0.2) is 4.77 Å². The van der Waals surface area contributed by atoms with Crippen molar-refractivity contribution in [3.8, 4) is 0 Å². The van der Waals surface area contributed by atoms with Gasteiger partial charge in [-0.25, -0.2) is 0 Å². The van der Waals surface area contributed by atoms with Crippen LogP contribution in [0.2, 0.25) is 0 Å². The van der Waals surface area contributed by atoms with Crippen LogP contribution in [0.4, 0.5) is 0 Å². The molecular weight excluding hydrogens is 206 g/mol. The molecule has 2 aromatic heterocycles. The first-order chi connectivity index (χ1) is 7.24. The second-order valence-electron chi connectivity index (χ2n) is 3.83. The lowest BCUT2D eigenvalue weighted by Crippen LogP contribution is -2.04. The third kappa shape index (κ3) is 1.81. The van der Waals surface area contributed by atoms with Crippen molar-refractivity contribution < 1.29 is 0 Å². The predicted molar refractivity (Wildman–Crippen MR) is 64.5 cm³/mol.